The van der Waals surface area contributed by atoms with Crippen LogP contribution in [0.5, 0.6) is 5.75 Å². The topological polar surface area (TPSA) is 81.9 Å². The lowest BCUT2D eigenvalue weighted by Gasteiger charge is -2.31. The van der Waals surface area contributed by atoms with E-state index in [1.54, 1.807) is 24.1 Å². The molecule has 8 heteroatoms. The molecule has 32 heavy (non-hydrogen) atoms. The number of piperidine rings is 1. The SMILES string of the molecule is COc1ccc(-c2nc(COC(=O)C3CCN(C(=O)c4ccc(Br)cc4)CC3)co2)cc1. The second-order valence-corrected chi connectivity index (χ2v) is 8.47. The highest BCUT2D eigenvalue weighted by atomic mass is 79.9. The summed E-state index contributed by atoms with van der Waals surface area (Å²) < 4.78 is 17.0. The van der Waals surface area contributed by atoms with Gasteiger partial charge in [0.05, 0.1) is 13.0 Å². The molecule has 3 aromatic rings. The molecule has 0 N–H and O–H groups in total. The quantitative estimate of drug-likeness (QED) is 0.457. The van der Waals surface area contributed by atoms with E-state index in [-0.39, 0.29) is 24.4 Å². The normalized spacial score (nSPS) is 14.2. The molecule has 0 atom stereocenters. The van der Waals surface area contributed by atoms with Crippen molar-refractivity contribution in [3.63, 3.8) is 0 Å². The molecule has 0 spiro atoms. The molecule has 2 heterocycles. The zero-order valence-corrected chi connectivity index (χ0v) is 19.2. The molecule has 7 nitrogen and oxygen atoms in total. The van der Waals surface area contributed by atoms with Gasteiger partial charge in [-0.05, 0) is 61.4 Å². The van der Waals surface area contributed by atoms with Crippen LogP contribution in [0.1, 0.15) is 28.9 Å². The van der Waals surface area contributed by atoms with Crippen molar-refractivity contribution in [1.29, 1.82) is 0 Å². The predicted molar refractivity (Wildman–Crippen MR) is 121 cm³/mol. The summed E-state index contributed by atoms with van der Waals surface area (Å²) in [5.41, 5.74) is 2.01. The molecule has 1 aliphatic rings. The van der Waals surface area contributed by atoms with Gasteiger partial charge in [0.1, 0.15) is 24.3 Å². The summed E-state index contributed by atoms with van der Waals surface area (Å²) in [6, 6.07) is 14.6. The lowest BCUT2D eigenvalue weighted by molar-refractivity contribution is -0.151. The molecule has 1 saturated heterocycles. The molecule has 1 aromatic heterocycles. The maximum Gasteiger partial charge on any atom is 0.309 e. The summed E-state index contributed by atoms with van der Waals surface area (Å²) in [6.07, 6.45) is 2.65. The zero-order valence-electron chi connectivity index (χ0n) is 17.6. The number of carbonyl (C=O) groups excluding carboxylic acids is 2. The minimum absolute atomic E-state index is 0.0158. The molecule has 0 saturated carbocycles. The first-order chi connectivity index (χ1) is 15.5. The number of amides is 1. The predicted octanol–water partition coefficient (Wildman–Crippen LogP) is 4.71. The minimum atomic E-state index is -0.269. The average Bonchev–Trinajstić information content (AvgIpc) is 3.32. The van der Waals surface area contributed by atoms with Gasteiger partial charge in [-0.15, -0.1) is 0 Å². The number of methoxy groups -OCH3 is 1. The molecule has 1 aliphatic heterocycles. The smallest absolute Gasteiger partial charge is 0.309 e. The van der Waals surface area contributed by atoms with E-state index in [1.807, 2.05) is 36.4 Å². The number of aromatic nitrogens is 1. The number of hydrogen-bond donors (Lipinski definition) is 0. The van der Waals surface area contributed by atoms with Crippen LogP contribution in [-0.4, -0.2) is 42.0 Å². The van der Waals surface area contributed by atoms with E-state index in [0.717, 1.165) is 15.8 Å². The van der Waals surface area contributed by atoms with E-state index in [4.69, 9.17) is 13.9 Å². The van der Waals surface area contributed by atoms with Crippen LogP contribution in [0.4, 0.5) is 0 Å². The molecule has 0 radical (unpaired) electrons. The molecule has 1 amide bonds. The van der Waals surface area contributed by atoms with Crippen molar-refractivity contribution in [1.82, 2.24) is 9.88 Å². The maximum atomic E-state index is 12.6. The Morgan fingerprint density at radius 3 is 2.44 bits per heavy atom. The number of benzene rings is 2. The van der Waals surface area contributed by atoms with E-state index >= 15 is 0 Å². The van der Waals surface area contributed by atoms with E-state index in [0.29, 0.717) is 43.1 Å². The first-order valence-electron chi connectivity index (χ1n) is 10.3. The number of oxazole rings is 1. The highest BCUT2D eigenvalue weighted by molar-refractivity contribution is 9.10. The highest BCUT2D eigenvalue weighted by Crippen LogP contribution is 2.24. The maximum absolute atomic E-state index is 12.6. The number of likely N-dealkylation sites (tertiary alicyclic amines) is 1. The van der Waals surface area contributed by atoms with Crippen LogP contribution in [0, 0.1) is 5.92 Å². The van der Waals surface area contributed by atoms with Crippen LogP contribution in [0.25, 0.3) is 11.5 Å². The number of carbonyl (C=O) groups is 2. The van der Waals surface area contributed by atoms with Gasteiger partial charge in [-0.1, -0.05) is 15.9 Å². The van der Waals surface area contributed by atoms with E-state index in [1.165, 1.54) is 6.26 Å². The fourth-order valence-corrected chi connectivity index (χ4v) is 3.86. The third kappa shape index (κ3) is 5.19. The Kier molecular flexibility index (Phi) is 6.90. The zero-order chi connectivity index (χ0) is 22.5. The van der Waals surface area contributed by atoms with Gasteiger partial charge in [0.2, 0.25) is 5.89 Å². The van der Waals surface area contributed by atoms with Crippen LogP contribution in [0.3, 0.4) is 0 Å². The van der Waals surface area contributed by atoms with Gasteiger partial charge >= 0.3 is 5.97 Å². The summed E-state index contributed by atoms with van der Waals surface area (Å²) >= 11 is 3.37. The Labute approximate surface area is 194 Å². The first-order valence-corrected chi connectivity index (χ1v) is 11.1. The first kappa shape index (κ1) is 22.1. The van der Waals surface area contributed by atoms with Crippen molar-refractivity contribution in [2.24, 2.45) is 5.92 Å². The third-order valence-electron chi connectivity index (χ3n) is 5.46. The molecular formula is C24H23BrN2O5. The summed E-state index contributed by atoms with van der Waals surface area (Å²) in [5.74, 6) is 0.696. The fraction of sp³-hybridized carbons (Fsp3) is 0.292. The van der Waals surface area contributed by atoms with E-state index < -0.39 is 0 Å². The molecule has 2 aromatic carbocycles. The lowest BCUT2D eigenvalue weighted by Crippen LogP contribution is -2.40. The van der Waals surface area contributed by atoms with Crippen LogP contribution >= 0.6 is 15.9 Å². The summed E-state index contributed by atoms with van der Waals surface area (Å²) in [7, 11) is 1.61. The Bertz CT molecular complexity index is 1070. The van der Waals surface area contributed by atoms with Crippen LogP contribution in [-0.2, 0) is 16.1 Å². The van der Waals surface area contributed by atoms with Crippen molar-refractivity contribution in [3.05, 3.63) is 70.5 Å². The number of rotatable bonds is 6. The Hall–Kier alpha value is -3.13. The van der Waals surface area contributed by atoms with Crippen LogP contribution in [0.2, 0.25) is 0 Å². The van der Waals surface area contributed by atoms with Gasteiger partial charge in [0.25, 0.3) is 5.91 Å². The van der Waals surface area contributed by atoms with Gasteiger partial charge in [0.15, 0.2) is 0 Å². The number of hydrogen-bond acceptors (Lipinski definition) is 6. The largest absolute Gasteiger partial charge is 0.497 e. The third-order valence-corrected chi connectivity index (χ3v) is 5.99. The monoisotopic (exact) mass is 498 g/mol. The Morgan fingerprint density at radius 2 is 1.78 bits per heavy atom. The molecule has 0 bridgehead atoms. The van der Waals surface area contributed by atoms with E-state index in [9.17, 15) is 9.59 Å². The van der Waals surface area contributed by atoms with Gasteiger partial charge in [-0.2, -0.15) is 0 Å². The van der Waals surface area contributed by atoms with Crippen molar-refractivity contribution in [3.8, 4) is 17.2 Å². The standard InChI is InChI=1S/C24H23BrN2O5/c1-30-21-8-4-16(5-9-21)22-26-20(14-31-22)15-32-24(29)18-10-12-27(13-11-18)23(28)17-2-6-19(25)7-3-17/h2-9,14,18H,10-13,15H2,1H3. The lowest BCUT2D eigenvalue weighted by atomic mass is 9.96. The Morgan fingerprint density at radius 1 is 1.09 bits per heavy atom. The van der Waals surface area contributed by atoms with Gasteiger partial charge < -0.3 is 18.8 Å². The number of nitrogens with zero attached hydrogens (tertiary/aromatic N) is 2. The number of esters is 1. The summed E-state index contributed by atoms with van der Waals surface area (Å²) in [6.45, 7) is 1.11. The van der Waals surface area contributed by atoms with Gasteiger partial charge in [-0.25, -0.2) is 4.98 Å². The molecule has 0 aliphatic carbocycles. The Balaban J connectivity index is 1.26. The highest BCUT2D eigenvalue weighted by Gasteiger charge is 2.29. The molecule has 4 rings (SSSR count). The van der Waals surface area contributed by atoms with Gasteiger partial charge in [0, 0.05) is 28.7 Å². The van der Waals surface area contributed by atoms with E-state index in [2.05, 4.69) is 20.9 Å². The summed E-state index contributed by atoms with van der Waals surface area (Å²) in [4.78, 5) is 31.3. The van der Waals surface area contributed by atoms with Crippen LogP contribution in [0.15, 0.2) is 63.7 Å². The van der Waals surface area contributed by atoms with Crippen molar-refractivity contribution < 1.29 is 23.5 Å². The summed E-state index contributed by atoms with van der Waals surface area (Å²) in [5, 5.41) is 0. The van der Waals surface area contributed by atoms with Gasteiger partial charge in [-0.3, -0.25) is 9.59 Å². The molecule has 0 unspecified atom stereocenters. The van der Waals surface area contributed by atoms with Crippen LogP contribution < -0.4 is 4.74 Å². The second-order valence-electron chi connectivity index (χ2n) is 7.55. The second kappa shape index (κ2) is 9.99. The number of halogens is 1. The number of ether oxygens (including phenoxy) is 2. The van der Waals surface area contributed by atoms with Crippen molar-refractivity contribution in [2.45, 2.75) is 19.4 Å². The minimum Gasteiger partial charge on any atom is -0.497 e. The molecule has 166 valence electrons. The molecule has 1 fully saturated rings. The molecular weight excluding hydrogens is 476 g/mol. The van der Waals surface area contributed by atoms with Crippen molar-refractivity contribution >= 4 is 27.8 Å². The fourth-order valence-electron chi connectivity index (χ4n) is 3.60. The average molecular weight is 499 g/mol. The van der Waals surface area contributed by atoms with Crippen molar-refractivity contribution in [2.75, 3.05) is 20.2 Å².